The van der Waals surface area contributed by atoms with Gasteiger partial charge in [0.25, 0.3) is 0 Å². The Hall–Kier alpha value is -1.80. The van der Waals surface area contributed by atoms with Crippen LogP contribution in [0.3, 0.4) is 0 Å². The number of para-hydroxylation sites is 2. The molecule has 0 radical (unpaired) electrons. The first-order valence-corrected chi connectivity index (χ1v) is 6.04. The van der Waals surface area contributed by atoms with Gasteiger partial charge in [0.1, 0.15) is 0 Å². The molecule has 0 bridgehead atoms. The SMILES string of the molecule is CCN(c1ccccc1)[NH+](C)c1ccccc1. The smallest absolute Gasteiger partial charge is 0.155 e. The number of nitrogens with zero attached hydrogens (tertiary/aromatic N) is 1. The lowest BCUT2D eigenvalue weighted by Gasteiger charge is -2.28. The highest BCUT2D eigenvalue weighted by Crippen LogP contribution is 2.10. The van der Waals surface area contributed by atoms with E-state index in [0.717, 1.165) is 6.54 Å². The van der Waals surface area contributed by atoms with Gasteiger partial charge < -0.3 is 0 Å². The van der Waals surface area contributed by atoms with Crippen LogP contribution < -0.4 is 10.0 Å². The minimum atomic E-state index is 0.977. The lowest BCUT2D eigenvalue weighted by molar-refractivity contribution is -0.820. The molecule has 1 atom stereocenters. The van der Waals surface area contributed by atoms with E-state index in [1.165, 1.54) is 16.4 Å². The van der Waals surface area contributed by atoms with Crippen molar-refractivity contribution >= 4 is 11.4 Å². The van der Waals surface area contributed by atoms with Gasteiger partial charge in [-0.1, -0.05) is 36.4 Å². The van der Waals surface area contributed by atoms with Crippen molar-refractivity contribution < 1.29 is 5.01 Å². The zero-order valence-electron chi connectivity index (χ0n) is 10.4. The highest BCUT2D eigenvalue weighted by Gasteiger charge is 2.15. The van der Waals surface area contributed by atoms with Crippen molar-refractivity contribution in [2.45, 2.75) is 6.92 Å². The molecular weight excluding hydrogens is 208 g/mol. The predicted molar refractivity (Wildman–Crippen MR) is 72.5 cm³/mol. The van der Waals surface area contributed by atoms with Gasteiger partial charge in [0, 0.05) is 12.1 Å². The van der Waals surface area contributed by atoms with E-state index in [4.69, 9.17) is 0 Å². The van der Waals surface area contributed by atoms with Crippen LogP contribution in [0.4, 0.5) is 11.4 Å². The van der Waals surface area contributed by atoms with Crippen molar-refractivity contribution in [2.24, 2.45) is 0 Å². The summed E-state index contributed by atoms with van der Waals surface area (Å²) in [6.07, 6.45) is 0. The fraction of sp³-hybridized carbons (Fsp3) is 0.200. The highest BCUT2D eigenvalue weighted by atomic mass is 15.6. The molecule has 0 heterocycles. The van der Waals surface area contributed by atoms with Gasteiger partial charge in [0.2, 0.25) is 0 Å². The van der Waals surface area contributed by atoms with Crippen LogP contribution in [0.15, 0.2) is 60.7 Å². The molecule has 2 aromatic carbocycles. The number of nitrogens with one attached hydrogen (secondary N) is 1. The molecule has 17 heavy (non-hydrogen) atoms. The largest absolute Gasteiger partial charge is 0.221 e. The first kappa shape index (κ1) is 11.7. The van der Waals surface area contributed by atoms with Crippen molar-refractivity contribution in [3.8, 4) is 0 Å². The Labute approximate surface area is 103 Å². The molecule has 0 aliphatic carbocycles. The first-order valence-electron chi connectivity index (χ1n) is 6.04. The lowest BCUT2D eigenvalue weighted by atomic mass is 10.3. The van der Waals surface area contributed by atoms with Crippen LogP contribution in [-0.2, 0) is 0 Å². The first-order chi connectivity index (χ1) is 8.33. The maximum absolute atomic E-state index is 2.33. The van der Waals surface area contributed by atoms with Crippen LogP contribution in [0.25, 0.3) is 0 Å². The van der Waals surface area contributed by atoms with Crippen molar-refractivity contribution in [3.05, 3.63) is 60.7 Å². The third-order valence-corrected chi connectivity index (χ3v) is 2.98. The van der Waals surface area contributed by atoms with E-state index >= 15 is 0 Å². The van der Waals surface area contributed by atoms with Gasteiger partial charge in [-0.3, -0.25) is 0 Å². The van der Waals surface area contributed by atoms with E-state index in [1.54, 1.807) is 0 Å². The Kier molecular flexibility index (Phi) is 3.78. The van der Waals surface area contributed by atoms with E-state index < -0.39 is 0 Å². The second kappa shape index (κ2) is 5.51. The third-order valence-electron chi connectivity index (χ3n) is 2.98. The fourth-order valence-corrected chi connectivity index (χ4v) is 2.06. The van der Waals surface area contributed by atoms with Crippen molar-refractivity contribution in [1.29, 1.82) is 0 Å². The molecule has 0 saturated carbocycles. The predicted octanol–water partition coefficient (Wildman–Crippen LogP) is 2.27. The summed E-state index contributed by atoms with van der Waals surface area (Å²) in [4.78, 5) is 0. The average molecular weight is 227 g/mol. The molecule has 2 rings (SSSR count). The van der Waals surface area contributed by atoms with Gasteiger partial charge in [0.15, 0.2) is 5.69 Å². The molecular formula is C15H19N2+. The summed E-state index contributed by atoms with van der Waals surface area (Å²) in [5, 5.41) is 3.62. The van der Waals surface area contributed by atoms with E-state index in [-0.39, 0.29) is 0 Å². The van der Waals surface area contributed by atoms with Gasteiger partial charge in [0.05, 0.1) is 19.3 Å². The second-order valence-corrected chi connectivity index (χ2v) is 4.03. The quantitative estimate of drug-likeness (QED) is 0.787. The van der Waals surface area contributed by atoms with Gasteiger partial charge in [-0.15, -0.1) is 0 Å². The number of quaternary nitrogens is 1. The van der Waals surface area contributed by atoms with Crippen LogP contribution >= 0.6 is 0 Å². The maximum Gasteiger partial charge on any atom is 0.155 e. The summed E-state index contributed by atoms with van der Waals surface area (Å²) >= 11 is 0. The van der Waals surface area contributed by atoms with Crippen LogP contribution in [-0.4, -0.2) is 13.6 Å². The Bertz CT molecular complexity index is 439. The van der Waals surface area contributed by atoms with Crippen molar-refractivity contribution in [3.63, 3.8) is 0 Å². The van der Waals surface area contributed by atoms with E-state index in [0.29, 0.717) is 0 Å². The zero-order chi connectivity index (χ0) is 12.1. The topological polar surface area (TPSA) is 7.68 Å². The minimum Gasteiger partial charge on any atom is -0.221 e. The zero-order valence-corrected chi connectivity index (χ0v) is 10.4. The van der Waals surface area contributed by atoms with Gasteiger partial charge >= 0.3 is 0 Å². The summed E-state index contributed by atoms with van der Waals surface area (Å²) < 4.78 is 0. The molecule has 0 aliphatic rings. The molecule has 1 N–H and O–H groups in total. The molecule has 2 nitrogen and oxygen atoms in total. The molecule has 0 spiro atoms. The minimum absolute atomic E-state index is 0.977. The van der Waals surface area contributed by atoms with Crippen molar-refractivity contribution in [2.75, 3.05) is 18.6 Å². The number of hydrogen-bond acceptors (Lipinski definition) is 1. The van der Waals surface area contributed by atoms with Crippen LogP contribution in [0.5, 0.6) is 0 Å². The highest BCUT2D eigenvalue weighted by molar-refractivity contribution is 5.44. The third kappa shape index (κ3) is 2.66. The van der Waals surface area contributed by atoms with E-state index in [9.17, 15) is 0 Å². The lowest BCUT2D eigenvalue weighted by Crippen LogP contribution is -3.12. The Balaban J connectivity index is 2.25. The molecule has 0 aliphatic heterocycles. The summed E-state index contributed by atoms with van der Waals surface area (Å²) in [6, 6.07) is 21.0. The summed E-state index contributed by atoms with van der Waals surface area (Å²) in [6.45, 7) is 3.16. The van der Waals surface area contributed by atoms with Crippen LogP contribution in [0.2, 0.25) is 0 Å². The van der Waals surface area contributed by atoms with Crippen molar-refractivity contribution in [1.82, 2.24) is 0 Å². The second-order valence-electron chi connectivity index (χ2n) is 4.03. The Morgan fingerprint density at radius 3 is 1.94 bits per heavy atom. The van der Waals surface area contributed by atoms with Gasteiger partial charge in [-0.2, -0.15) is 0 Å². The summed E-state index contributed by atoms with van der Waals surface area (Å²) in [7, 11) is 2.17. The number of benzene rings is 2. The molecule has 0 amide bonds. The number of hydrogen-bond donors (Lipinski definition) is 1. The molecule has 0 saturated heterocycles. The molecule has 1 unspecified atom stereocenters. The van der Waals surface area contributed by atoms with Gasteiger partial charge in [-0.25, -0.2) is 10.0 Å². The average Bonchev–Trinajstić information content (AvgIpc) is 2.42. The van der Waals surface area contributed by atoms with Crippen LogP contribution in [0.1, 0.15) is 6.92 Å². The monoisotopic (exact) mass is 227 g/mol. The Morgan fingerprint density at radius 1 is 0.882 bits per heavy atom. The Morgan fingerprint density at radius 2 is 1.41 bits per heavy atom. The van der Waals surface area contributed by atoms with E-state index in [1.807, 2.05) is 0 Å². The fourth-order valence-electron chi connectivity index (χ4n) is 2.06. The maximum atomic E-state index is 2.33. The molecule has 0 fully saturated rings. The molecule has 2 aromatic rings. The number of rotatable bonds is 4. The van der Waals surface area contributed by atoms with Gasteiger partial charge in [-0.05, 0) is 19.1 Å². The normalized spacial score (nSPS) is 12.1. The summed E-state index contributed by atoms with van der Waals surface area (Å²) in [5.74, 6) is 0. The molecule has 2 heteroatoms. The molecule has 88 valence electrons. The summed E-state index contributed by atoms with van der Waals surface area (Å²) in [5.41, 5.74) is 2.52. The van der Waals surface area contributed by atoms with Crippen LogP contribution in [0, 0.1) is 0 Å². The molecule has 0 aromatic heterocycles. The standard InChI is InChI=1S/C15H18N2/c1-3-17(15-12-8-5-9-13-15)16(2)14-10-6-4-7-11-14/h4-13H,3H2,1-2H3/p+1. The van der Waals surface area contributed by atoms with E-state index in [2.05, 4.69) is 79.6 Å². The number of anilines is 1.